The number of nitrogens with zero attached hydrogens (tertiary/aromatic N) is 2. The highest BCUT2D eigenvalue weighted by atomic mass is 32.1. The second kappa shape index (κ2) is 5.09. The van der Waals surface area contributed by atoms with Crippen LogP contribution in [0.1, 0.15) is 5.56 Å². The highest BCUT2D eigenvalue weighted by molar-refractivity contribution is 7.78. The molecule has 0 N–H and O–H groups in total. The second-order valence-corrected chi connectivity index (χ2v) is 3.01. The van der Waals surface area contributed by atoms with E-state index >= 15 is 0 Å². The fourth-order valence-electron chi connectivity index (χ4n) is 0.993. The normalized spacial score (nSPS) is 10.2. The van der Waals surface area contributed by atoms with E-state index in [1.807, 2.05) is 10.3 Å². The van der Waals surface area contributed by atoms with Crippen LogP contribution in [-0.2, 0) is 6.18 Å². The van der Waals surface area contributed by atoms with Crippen molar-refractivity contribution in [1.82, 2.24) is 0 Å². The molecule has 0 heterocycles. The van der Waals surface area contributed by atoms with Gasteiger partial charge in [-0.3, -0.25) is 0 Å². The molecule has 0 radical (unpaired) electrons. The van der Waals surface area contributed by atoms with E-state index in [2.05, 4.69) is 34.4 Å². The van der Waals surface area contributed by atoms with E-state index in [0.29, 0.717) is 0 Å². The van der Waals surface area contributed by atoms with Crippen molar-refractivity contribution >= 4 is 46.1 Å². The third kappa shape index (κ3) is 3.32. The molecule has 2 nitrogen and oxygen atoms in total. The summed E-state index contributed by atoms with van der Waals surface area (Å²) in [5.41, 5.74) is -0.828. The van der Waals surface area contributed by atoms with E-state index in [4.69, 9.17) is 0 Å². The van der Waals surface area contributed by atoms with Crippen molar-refractivity contribution in [2.45, 2.75) is 6.18 Å². The number of alkyl halides is 3. The number of hydrogen-bond donors (Lipinski definition) is 0. The molecule has 1 aromatic carbocycles. The number of thiocarbonyl (C=S) groups is 2. The molecule has 0 bridgehead atoms. The van der Waals surface area contributed by atoms with E-state index in [-0.39, 0.29) is 11.4 Å². The zero-order valence-electron chi connectivity index (χ0n) is 7.58. The van der Waals surface area contributed by atoms with Crippen LogP contribution in [0.5, 0.6) is 0 Å². The Bertz CT molecular complexity index is 462. The fraction of sp³-hybridized carbons (Fsp3) is 0.111. The van der Waals surface area contributed by atoms with E-state index < -0.39 is 11.7 Å². The van der Waals surface area contributed by atoms with Gasteiger partial charge in [-0.05, 0) is 42.6 Å². The van der Waals surface area contributed by atoms with Crippen molar-refractivity contribution in [3.05, 3.63) is 23.8 Å². The van der Waals surface area contributed by atoms with Crippen LogP contribution in [0.25, 0.3) is 0 Å². The van der Waals surface area contributed by atoms with Crippen LogP contribution in [0.3, 0.4) is 0 Å². The molecule has 0 aliphatic rings. The lowest BCUT2D eigenvalue weighted by atomic mass is 10.1. The molecule has 1 rings (SSSR count). The summed E-state index contributed by atoms with van der Waals surface area (Å²) >= 11 is 8.63. The number of aliphatic imine (C=N–C) groups is 2. The fourth-order valence-corrected chi connectivity index (χ4v) is 1.20. The van der Waals surface area contributed by atoms with E-state index in [9.17, 15) is 13.2 Å². The summed E-state index contributed by atoms with van der Waals surface area (Å²) in [7, 11) is 0. The molecule has 0 atom stereocenters. The average molecular weight is 260 g/mol. The summed E-state index contributed by atoms with van der Waals surface area (Å²) in [5, 5.41) is 3.97. The predicted molar refractivity (Wildman–Crippen MR) is 60.8 cm³/mol. The Labute approximate surface area is 99.5 Å². The van der Waals surface area contributed by atoms with E-state index in [0.717, 1.165) is 12.1 Å². The molecule has 0 spiro atoms. The van der Waals surface area contributed by atoms with Gasteiger partial charge in [0.25, 0.3) is 0 Å². The number of benzene rings is 1. The van der Waals surface area contributed by atoms with Gasteiger partial charge < -0.3 is 0 Å². The van der Waals surface area contributed by atoms with Gasteiger partial charge in [0.05, 0.1) is 27.3 Å². The van der Waals surface area contributed by atoms with E-state index in [1.54, 1.807) is 0 Å². The molecule has 1 aromatic rings. The highest BCUT2D eigenvalue weighted by Gasteiger charge is 2.31. The minimum atomic E-state index is -4.47. The molecule has 82 valence electrons. The van der Waals surface area contributed by atoms with E-state index in [1.165, 1.54) is 6.07 Å². The van der Waals surface area contributed by atoms with Crippen LogP contribution in [0, 0.1) is 0 Å². The molecule has 0 fully saturated rings. The standard InChI is InChI=1S/C9H3F3N2S2/c10-9(11,12)6-1-7(13-4-15)3-8(2-6)14-5-16/h1-3H. The highest BCUT2D eigenvalue weighted by Crippen LogP contribution is 2.34. The zero-order chi connectivity index (χ0) is 12.2. The first-order valence-corrected chi connectivity index (χ1v) is 4.67. The lowest BCUT2D eigenvalue weighted by Crippen LogP contribution is -2.04. The summed E-state index contributed by atoms with van der Waals surface area (Å²) in [6.45, 7) is 0. The number of isothiocyanates is 2. The first kappa shape index (κ1) is 12.7. The average Bonchev–Trinajstić information content (AvgIpc) is 2.17. The lowest BCUT2D eigenvalue weighted by molar-refractivity contribution is -0.137. The zero-order valence-corrected chi connectivity index (χ0v) is 9.21. The Morgan fingerprint density at radius 3 is 1.69 bits per heavy atom. The van der Waals surface area contributed by atoms with Gasteiger partial charge >= 0.3 is 6.18 Å². The van der Waals surface area contributed by atoms with Gasteiger partial charge in [0.2, 0.25) is 0 Å². The Balaban J connectivity index is 3.40. The topological polar surface area (TPSA) is 24.7 Å². The van der Waals surface area contributed by atoms with Crippen molar-refractivity contribution in [3.63, 3.8) is 0 Å². The van der Waals surface area contributed by atoms with Gasteiger partial charge in [0.1, 0.15) is 0 Å². The van der Waals surface area contributed by atoms with Crippen molar-refractivity contribution in [3.8, 4) is 0 Å². The van der Waals surface area contributed by atoms with Crippen LogP contribution in [0.2, 0.25) is 0 Å². The van der Waals surface area contributed by atoms with Crippen LogP contribution in [-0.4, -0.2) is 10.3 Å². The Hall–Kier alpha value is -1.39. The number of halogens is 3. The van der Waals surface area contributed by atoms with Crippen molar-refractivity contribution in [2.75, 3.05) is 0 Å². The number of rotatable bonds is 2. The monoisotopic (exact) mass is 260 g/mol. The summed E-state index contributed by atoms with van der Waals surface area (Å²) in [4.78, 5) is 6.93. The minimum Gasteiger partial charge on any atom is -0.195 e. The lowest BCUT2D eigenvalue weighted by Gasteiger charge is -2.07. The molecule has 0 aliphatic carbocycles. The van der Waals surface area contributed by atoms with Gasteiger partial charge in [0.15, 0.2) is 0 Å². The Kier molecular flexibility index (Phi) is 4.04. The molecule has 0 saturated carbocycles. The molecule has 0 saturated heterocycles. The smallest absolute Gasteiger partial charge is 0.195 e. The summed E-state index contributed by atoms with van der Waals surface area (Å²) < 4.78 is 37.4. The Morgan fingerprint density at radius 1 is 0.938 bits per heavy atom. The van der Waals surface area contributed by atoms with Crippen molar-refractivity contribution in [1.29, 1.82) is 0 Å². The van der Waals surface area contributed by atoms with Gasteiger partial charge in [-0.25, -0.2) is 0 Å². The molecular weight excluding hydrogens is 257 g/mol. The first-order valence-electron chi connectivity index (χ1n) is 3.85. The quantitative estimate of drug-likeness (QED) is 0.588. The van der Waals surface area contributed by atoms with Gasteiger partial charge in [-0.2, -0.15) is 23.2 Å². The molecule has 0 aromatic heterocycles. The SMILES string of the molecule is FC(F)(F)c1cc(N=C=S)cc(N=C=S)c1. The maximum atomic E-state index is 12.5. The van der Waals surface area contributed by atoms with Crippen LogP contribution in [0.4, 0.5) is 24.5 Å². The van der Waals surface area contributed by atoms with Crippen LogP contribution >= 0.6 is 24.4 Å². The van der Waals surface area contributed by atoms with Crippen molar-refractivity contribution in [2.24, 2.45) is 9.98 Å². The summed E-state index contributed by atoms with van der Waals surface area (Å²) in [5.74, 6) is 0. The van der Waals surface area contributed by atoms with Gasteiger partial charge in [-0.15, -0.1) is 0 Å². The molecule has 16 heavy (non-hydrogen) atoms. The van der Waals surface area contributed by atoms with Crippen LogP contribution in [0.15, 0.2) is 28.2 Å². The third-order valence-electron chi connectivity index (χ3n) is 1.58. The maximum absolute atomic E-state index is 12.5. The third-order valence-corrected chi connectivity index (χ3v) is 1.76. The predicted octanol–water partition coefficient (Wildman–Crippen LogP) is 4.17. The molecule has 0 unspecified atom stereocenters. The van der Waals surface area contributed by atoms with Gasteiger partial charge in [0, 0.05) is 0 Å². The summed E-state index contributed by atoms with van der Waals surface area (Å²) in [6, 6.07) is 3.00. The second-order valence-electron chi connectivity index (χ2n) is 2.64. The molecule has 7 heteroatoms. The van der Waals surface area contributed by atoms with Crippen LogP contribution < -0.4 is 0 Å². The maximum Gasteiger partial charge on any atom is 0.416 e. The molecule has 0 aliphatic heterocycles. The molecule has 0 amide bonds. The molecular formula is C9H3F3N2S2. The Morgan fingerprint density at radius 2 is 1.38 bits per heavy atom. The first-order chi connectivity index (χ1) is 7.47. The van der Waals surface area contributed by atoms with Crippen molar-refractivity contribution < 1.29 is 13.2 Å². The number of hydrogen-bond acceptors (Lipinski definition) is 4. The minimum absolute atomic E-state index is 0.0221. The van der Waals surface area contributed by atoms with Gasteiger partial charge in [-0.1, -0.05) is 0 Å². The largest absolute Gasteiger partial charge is 0.416 e. The summed E-state index contributed by atoms with van der Waals surface area (Å²) in [6.07, 6.45) is -4.47.